The van der Waals surface area contributed by atoms with Gasteiger partial charge in [-0.1, -0.05) is 39.7 Å². The molecule has 9 nitrogen and oxygen atoms in total. The van der Waals surface area contributed by atoms with Gasteiger partial charge in [0.05, 0.1) is 28.0 Å². The van der Waals surface area contributed by atoms with Crippen LogP contribution in [0.1, 0.15) is 16.4 Å². The number of hydrogen-bond donors (Lipinski definition) is 2. The number of aromatic nitrogens is 6. The number of hydrogen-bond acceptors (Lipinski definition) is 7. The molecule has 32 heavy (non-hydrogen) atoms. The van der Waals surface area contributed by atoms with Crippen LogP contribution in [-0.2, 0) is 6.42 Å². The molecule has 0 spiro atoms. The molecule has 0 bridgehead atoms. The van der Waals surface area contributed by atoms with E-state index in [1.807, 2.05) is 0 Å². The molecule has 0 saturated carbocycles. The van der Waals surface area contributed by atoms with Crippen molar-refractivity contribution in [3.05, 3.63) is 80.3 Å². The van der Waals surface area contributed by atoms with E-state index in [1.54, 1.807) is 42.5 Å². The molecule has 0 atom stereocenters. The Labute approximate surface area is 193 Å². The number of ketones is 1. The van der Waals surface area contributed by atoms with Gasteiger partial charge >= 0.3 is 0 Å². The average molecular weight is 511 g/mol. The fourth-order valence-electron chi connectivity index (χ4n) is 3.41. The van der Waals surface area contributed by atoms with Gasteiger partial charge in [0.2, 0.25) is 5.78 Å². The maximum Gasteiger partial charge on any atom is 0.266 e. The summed E-state index contributed by atoms with van der Waals surface area (Å²) in [6, 6.07) is 12.0. The van der Waals surface area contributed by atoms with Crippen molar-refractivity contribution in [2.45, 2.75) is 6.42 Å². The van der Waals surface area contributed by atoms with Crippen LogP contribution in [0.15, 0.2) is 58.1 Å². The van der Waals surface area contributed by atoms with Crippen molar-refractivity contribution in [3.8, 4) is 5.69 Å². The van der Waals surface area contributed by atoms with Crippen LogP contribution >= 0.6 is 27.5 Å². The molecule has 0 saturated heterocycles. The molecule has 0 aliphatic heterocycles. The van der Waals surface area contributed by atoms with Gasteiger partial charge in [-0.3, -0.25) is 14.2 Å². The third kappa shape index (κ3) is 3.43. The lowest BCUT2D eigenvalue weighted by Crippen LogP contribution is -2.26. The summed E-state index contributed by atoms with van der Waals surface area (Å²) in [5.41, 5.74) is 7.02. The summed E-state index contributed by atoms with van der Waals surface area (Å²) < 4.78 is 2.09. The summed E-state index contributed by atoms with van der Waals surface area (Å²) in [5, 5.41) is 0.744. The Kier molecular flexibility index (Phi) is 4.95. The first kappa shape index (κ1) is 20.3. The molecule has 3 N–H and O–H groups in total. The first-order valence-corrected chi connectivity index (χ1v) is 10.5. The molecule has 3 aromatic heterocycles. The number of anilines is 1. The highest BCUT2D eigenvalue weighted by atomic mass is 79.9. The van der Waals surface area contributed by atoms with Crippen molar-refractivity contribution < 1.29 is 4.79 Å². The number of rotatable bonds is 4. The number of halogens is 2. The van der Waals surface area contributed by atoms with Crippen LogP contribution in [0.5, 0.6) is 0 Å². The molecule has 0 radical (unpaired) electrons. The maximum absolute atomic E-state index is 13.4. The highest BCUT2D eigenvalue weighted by Gasteiger charge is 2.21. The first-order chi connectivity index (χ1) is 15.4. The minimum atomic E-state index is -0.397. The number of H-pyrrole nitrogens is 1. The maximum atomic E-state index is 13.4. The SMILES string of the molecule is Nc1ncnc2nc(C(=O)Cc3nc4ccc(Br)cc4c(=O)n3-c3ccccc3Cl)[nH]c12. The lowest BCUT2D eigenvalue weighted by Gasteiger charge is -2.14. The standard InChI is InChI=1S/C21H13BrClN7O2/c22-10-5-6-13-11(7-10)21(32)30(14-4-2-1-3-12(14)23)16(27-13)8-15(31)19-28-17-18(24)25-9-26-20(17)29-19/h1-7,9H,8H2,(H3,24,25,26,28,29). The smallest absolute Gasteiger partial charge is 0.266 e. The molecule has 0 amide bonds. The Morgan fingerprint density at radius 2 is 1.97 bits per heavy atom. The Hall–Kier alpha value is -3.63. The number of nitrogens with one attached hydrogen (secondary N) is 1. The van der Waals surface area contributed by atoms with Gasteiger partial charge < -0.3 is 10.7 Å². The number of nitrogen functional groups attached to an aromatic ring is 1. The summed E-state index contributed by atoms with van der Waals surface area (Å²) >= 11 is 9.76. The first-order valence-electron chi connectivity index (χ1n) is 9.38. The second-order valence-electron chi connectivity index (χ2n) is 6.92. The van der Waals surface area contributed by atoms with Gasteiger partial charge in [0.1, 0.15) is 17.7 Å². The van der Waals surface area contributed by atoms with Crippen LogP contribution in [0.25, 0.3) is 27.8 Å². The highest BCUT2D eigenvalue weighted by Crippen LogP contribution is 2.23. The van der Waals surface area contributed by atoms with Gasteiger partial charge in [0, 0.05) is 4.47 Å². The molecule has 0 aliphatic carbocycles. The molecule has 0 fully saturated rings. The predicted molar refractivity (Wildman–Crippen MR) is 124 cm³/mol. The minimum absolute atomic E-state index is 0.0445. The molecular weight excluding hydrogens is 498 g/mol. The summed E-state index contributed by atoms with van der Waals surface area (Å²) in [7, 11) is 0. The zero-order chi connectivity index (χ0) is 22.4. The van der Waals surface area contributed by atoms with Crippen LogP contribution in [0.4, 0.5) is 5.82 Å². The van der Waals surface area contributed by atoms with Crippen molar-refractivity contribution >= 4 is 61.2 Å². The van der Waals surface area contributed by atoms with E-state index in [2.05, 4.69) is 40.8 Å². The fourth-order valence-corrected chi connectivity index (χ4v) is 3.99. The largest absolute Gasteiger partial charge is 0.382 e. The number of aromatic amines is 1. The van der Waals surface area contributed by atoms with E-state index in [0.29, 0.717) is 27.1 Å². The fraction of sp³-hybridized carbons (Fsp3) is 0.0476. The van der Waals surface area contributed by atoms with E-state index < -0.39 is 5.78 Å². The summed E-state index contributed by atoms with van der Waals surface area (Å²) in [6.45, 7) is 0. The number of carbonyl (C=O) groups excluding carboxylic acids is 1. The Morgan fingerprint density at radius 1 is 1.16 bits per heavy atom. The molecule has 158 valence electrons. The second kappa shape index (κ2) is 7.81. The van der Waals surface area contributed by atoms with Gasteiger partial charge in [-0.15, -0.1) is 0 Å². The normalized spacial score (nSPS) is 11.3. The summed E-state index contributed by atoms with van der Waals surface area (Å²) in [4.78, 5) is 46.1. The quantitative estimate of drug-likeness (QED) is 0.354. The molecule has 5 rings (SSSR count). The summed E-state index contributed by atoms with van der Waals surface area (Å²) in [5.74, 6) is 0.0565. The van der Waals surface area contributed by atoms with Gasteiger partial charge in [0.25, 0.3) is 5.56 Å². The second-order valence-corrected chi connectivity index (χ2v) is 8.25. The average Bonchev–Trinajstić information content (AvgIpc) is 3.22. The Bertz CT molecular complexity index is 1590. The number of carbonyl (C=O) groups is 1. The highest BCUT2D eigenvalue weighted by molar-refractivity contribution is 9.10. The monoisotopic (exact) mass is 509 g/mol. The predicted octanol–water partition coefficient (Wildman–Crippen LogP) is 3.48. The van der Waals surface area contributed by atoms with Crippen LogP contribution in [0.3, 0.4) is 0 Å². The number of imidazole rings is 1. The van der Waals surface area contributed by atoms with Gasteiger partial charge in [-0.25, -0.2) is 19.9 Å². The van der Waals surface area contributed by atoms with Crippen LogP contribution < -0.4 is 11.3 Å². The Balaban J connectivity index is 1.68. The number of nitrogens with zero attached hydrogens (tertiary/aromatic N) is 5. The molecule has 0 unspecified atom stereocenters. The number of para-hydroxylation sites is 1. The zero-order valence-electron chi connectivity index (χ0n) is 16.2. The van der Waals surface area contributed by atoms with E-state index in [0.717, 1.165) is 4.47 Å². The summed E-state index contributed by atoms with van der Waals surface area (Å²) in [6.07, 6.45) is 1.06. The molecule has 3 heterocycles. The number of benzene rings is 2. The van der Waals surface area contributed by atoms with Crippen molar-refractivity contribution in [3.63, 3.8) is 0 Å². The lowest BCUT2D eigenvalue weighted by molar-refractivity contribution is 0.0981. The lowest BCUT2D eigenvalue weighted by atomic mass is 10.2. The van der Waals surface area contributed by atoms with Crippen molar-refractivity contribution in [1.29, 1.82) is 0 Å². The third-order valence-corrected chi connectivity index (χ3v) is 5.71. The van der Waals surface area contributed by atoms with Crippen molar-refractivity contribution in [2.24, 2.45) is 0 Å². The molecule has 0 aliphatic rings. The van der Waals surface area contributed by atoms with Gasteiger partial charge in [-0.2, -0.15) is 0 Å². The molecule has 11 heteroatoms. The number of fused-ring (bicyclic) bond motifs is 2. The third-order valence-electron chi connectivity index (χ3n) is 4.89. The van der Waals surface area contributed by atoms with E-state index in [4.69, 9.17) is 17.3 Å². The van der Waals surface area contributed by atoms with Crippen LogP contribution in [0.2, 0.25) is 5.02 Å². The van der Waals surface area contributed by atoms with Gasteiger partial charge in [0.15, 0.2) is 17.3 Å². The van der Waals surface area contributed by atoms with E-state index in [-0.39, 0.29) is 35.1 Å². The van der Waals surface area contributed by atoms with E-state index in [1.165, 1.54) is 10.9 Å². The zero-order valence-corrected chi connectivity index (χ0v) is 18.6. The topological polar surface area (TPSA) is 132 Å². The minimum Gasteiger partial charge on any atom is -0.382 e. The van der Waals surface area contributed by atoms with E-state index >= 15 is 0 Å². The number of Topliss-reactive ketones (excluding diaryl/α,β-unsaturated/α-hetero) is 1. The molecule has 2 aromatic carbocycles. The van der Waals surface area contributed by atoms with Crippen LogP contribution in [0, 0.1) is 0 Å². The molecular formula is C21H13BrClN7O2. The Morgan fingerprint density at radius 3 is 2.75 bits per heavy atom. The van der Waals surface area contributed by atoms with Crippen molar-refractivity contribution in [2.75, 3.05) is 5.73 Å². The number of nitrogens with two attached hydrogens (primary N) is 1. The van der Waals surface area contributed by atoms with Crippen LogP contribution in [-0.4, -0.2) is 35.3 Å². The van der Waals surface area contributed by atoms with Gasteiger partial charge in [-0.05, 0) is 30.3 Å². The van der Waals surface area contributed by atoms with Crippen molar-refractivity contribution in [1.82, 2.24) is 29.5 Å². The molecule has 5 aromatic rings. The van der Waals surface area contributed by atoms with E-state index in [9.17, 15) is 9.59 Å².